The van der Waals surface area contributed by atoms with Crippen LogP contribution in [0.15, 0.2) is 10.9 Å². The van der Waals surface area contributed by atoms with E-state index in [0.717, 1.165) is 5.69 Å². The monoisotopic (exact) mass is 266 g/mol. The lowest BCUT2D eigenvalue weighted by Crippen LogP contribution is -2.47. The van der Waals surface area contributed by atoms with Gasteiger partial charge in [-0.15, -0.1) is 0 Å². The van der Waals surface area contributed by atoms with Gasteiger partial charge in [-0.05, 0) is 40.7 Å². The van der Waals surface area contributed by atoms with Gasteiger partial charge in [0.2, 0.25) is 0 Å². The lowest BCUT2D eigenvalue weighted by atomic mass is 10.1. The second-order valence-electron chi connectivity index (χ2n) is 5.60. The Kier molecular flexibility index (Phi) is 4.69. The Morgan fingerprint density at radius 1 is 1.37 bits per heavy atom. The van der Waals surface area contributed by atoms with Crippen molar-refractivity contribution in [3.63, 3.8) is 0 Å². The Morgan fingerprint density at radius 2 is 2.00 bits per heavy atom. The summed E-state index contributed by atoms with van der Waals surface area (Å²) in [6.07, 6.45) is 0. The molecule has 0 spiro atoms. The van der Waals surface area contributed by atoms with Crippen molar-refractivity contribution in [1.29, 1.82) is 0 Å². The van der Waals surface area contributed by atoms with Crippen LogP contribution in [0.1, 0.15) is 32.2 Å². The number of aromatic nitrogens is 2. The molecule has 0 saturated carbocycles. The summed E-state index contributed by atoms with van der Waals surface area (Å²) in [5, 5.41) is 5.51. The van der Waals surface area contributed by atoms with E-state index in [9.17, 15) is 9.59 Å². The van der Waals surface area contributed by atoms with Crippen molar-refractivity contribution >= 4 is 6.03 Å². The standard InChI is InChI=1S/C13H22N4O2/c1-9-8-10(2)17(12(19)15-9)7-6-14-11(18)16-13(3,4)5/h8H,6-7H2,1-5H3,(H2,14,16,18). The highest BCUT2D eigenvalue weighted by Gasteiger charge is 2.13. The second kappa shape index (κ2) is 5.86. The van der Waals surface area contributed by atoms with E-state index >= 15 is 0 Å². The molecule has 0 aliphatic rings. The smallest absolute Gasteiger partial charge is 0.336 e. The number of nitrogens with zero attached hydrogens (tertiary/aromatic N) is 2. The van der Waals surface area contributed by atoms with E-state index in [1.54, 1.807) is 11.5 Å². The van der Waals surface area contributed by atoms with Gasteiger partial charge in [0, 0.05) is 30.0 Å². The minimum absolute atomic E-state index is 0.238. The van der Waals surface area contributed by atoms with Crippen LogP contribution in [0.5, 0.6) is 0 Å². The molecule has 0 fully saturated rings. The third-order valence-corrected chi connectivity index (χ3v) is 2.46. The fourth-order valence-corrected chi connectivity index (χ4v) is 1.71. The molecule has 0 unspecified atom stereocenters. The van der Waals surface area contributed by atoms with Gasteiger partial charge in [-0.25, -0.2) is 9.59 Å². The third-order valence-electron chi connectivity index (χ3n) is 2.46. The first-order valence-corrected chi connectivity index (χ1v) is 6.30. The number of urea groups is 1. The van der Waals surface area contributed by atoms with Crippen LogP contribution >= 0.6 is 0 Å². The van der Waals surface area contributed by atoms with Crippen molar-refractivity contribution in [3.05, 3.63) is 27.9 Å². The van der Waals surface area contributed by atoms with Crippen LogP contribution in [0.4, 0.5) is 4.79 Å². The molecule has 19 heavy (non-hydrogen) atoms. The molecule has 6 nitrogen and oxygen atoms in total. The van der Waals surface area contributed by atoms with Crippen molar-refractivity contribution < 1.29 is 4.79 Å². The van der Waals surface area contributed by atoms with Gasteiger partial charge in [-0.3, -0.25) is 4.57 Å². The van der Waals surface area contributed by atoms with Crippen molar-refractivity contribution in [2.24, 2.45) is 0 Å². The fraction of sp³-hybridized carbons (Fsp3) is 0.615. The Bertz CT molecular complexity index is 514. The molecule has 0 radical (unpaired) electrons. The molecule has 0 aromatic carbocycles. The number of nitrogens with one attached hydrogen (secondary N) is 2. The average Bonchev–Trinajstić information content (AvgIpc) is 2.19. The van der Waals surface area contributed by atoms with Gasteiger partial charge in [0.15, 0.2) is 0 Å². The SMILES string of the molecule is Cc1cc(C)n(CCNC(=O)NC(C)(C)C)c(=O)n1. The van der Waals surface area contributed by atoms with Gasteiger partial charge in [-0.1, -0.05) is 0 Å². The van der Waals surface area contributed by atoms with Crippen LogP contribution in [0, 0.1) is 13.8 Å². The molecule has 0 aliphatic carbocycles. The number of aryl methyl sites for hydroxylation is 2. The summed E-state index contributed by atoms with van der Waals surface area (Å²) < 4.78 is 1.55. The number of hydrogen-bond acceptors (Lipinski definition) is 3. The first-order valence-electron chi connectivity index (χ1n) is 6.30. The van der Waals surface area contributed by atoms with E-state index in [1.807, 2.05) is 33.8 Å². The predicted octanol–water partition coefficient (Wildman–Crippen LogP) is 0.958. The zero-order valence-electron chi connectivity index (χ0n) is 12.2. The summed E-state index contributed by atoms with van der Waals surface area (Å²) in [5.41, 5.74) is 0.991. The molecule has 1 aromatic rings. The van der Waals surface area contributed by atoms with Crippen LogP contribution < -0.4 is 16.3 Å². The molecule has 2 amide bonds. The zero-order valence-corrected chi connectivity index (χ0v) is 12.2. The molecule has 106 valence electrons. The molecule has 0 atom stereocenters. The number of rotatable bonds is 3. The van der Waals surface area contributed by atoms with E-state index in [0.29, 0.717) is 18.8 Å². The first kappa shape index (κ1) is 15.2. The van der Waals surface area contributed by atoms with Crippen LogP contribution in [0.2, 0.25) is 0 Å². The lowest BCUT2D eigenvalue weighted by molar-refractivity contribution is 0.231. The summed E-state index contributed by atoms with van der Waals surface area (Å²) in [5.74, 6) is 0. The summed E-state index contributed by atoms with van der Waals surface area (Å²) >= 11 is 0. The third kappa shape index (κ3) is 5.11. The minimum atomic E-state index is -0.282. The Balaban J connectivity index is 2.55. The maximum Gasteiger partial charge on any atom is 0.348 e. The Labute approximate surface area is 113 Å². The average molecular weight is 266 g/mol. The normalized spacial score (nSPS) is 11.2. The van der Waals surface area contributed by atoms with E-state index in [-0.39, 0.29) is 17.3 Å². The highest BCUT2D eigenvalue weighted by atomic mass is 16.2. The van der Waals surface area contributed by atoms with Gasteiger partial charge in [0.1, 0.15) is 0 Å². The fourth-order valence-electron chi connectivity index (χ4n) is 1.71. The minimum Gasteiger partial charge on any atom is -0.336 e. The molecule has 1 aromatic heterocycles. The largest absolute Gasteiger partial charge is 0.348 e. The molecule has 0 aliphatic heterocycles. The van der Waals surface area contributed by atoms with E-state index in [2.05, 4.69) is 15.6 Å². The maximum atomic E-state index is 11.7. The molecular formula is C13H22N4O2. The molecular weight excluding hydrogens is 244 g/mol. The Morgan fingerprint density at radius 3 is 2.53 bits per heavy atom. The van der Waals surface area contributed by atoms with Crippen molar-refractivity contribution in [1.82, 2.24) is 20.2 Å². The first-order chi connectivity index (χ1) is 8.69. The number of carbonyl (C=O) groups is 1. The summed E-state index contributed by atoms with van der Waals surface area (Å²) in [6, 6.07) is 1.61. The van der Waals surface area contributed by atoms with Crippen LogP contribution in [-0.4, -0.2) is 27.7 Å². The van der Waals surface area contributed by atoms with Crippen LogP contribution in [0.25, 0.3) is 0 Å². The number of hydrogen-bond donors (Lipinski definition) is 2. The quantitative estimate of drug-likeness (QED) is 0.855. The Hall–Kier alpha value is -1.85. The van der Waals surface area contributed by atoms with Gasteiger partial charge >= 0.3 is 11.7 Å². The molecule has 1 rings (SSSR count). The topological polar surface area (TPSA) is 76.0 Å². The van der Waals surface area contributed by atoms with Crippen molar-refractivity contribution in [2.45, 2.75) is 46.7 Å². The van der Waals surface area contributed by atoms with Gasteiger partial charge in [-0.2, -0.15) is 4.98 Å². The molecule has 0 bridgehead atoms. The van der Waals surface area contributed by atoms with Crippen molar-refractivity contribution in [3.8, 4) is 0 Å². The van der Waals surface area contributed by atoms with E-state index in [4.69, 9.17) is 0 Å². The van der Waals surface area contributed by atoms with Gasteiger partial charge in [0.25, 0.3) is 0 Å². The van der Waals surface area contributed by atoms with Crippen molar-refractivity contribution in [2.75, 3.05) is 6.54 Å². The summed E-state index contributed by atoms with van der Waals surface area (Å²) in [4.78, 5) is 27.1. The molecule has 0 saturated heterocycles. The van der Waals surface area contributed by atoms with Gasteiger partial charge in [0.05, 0.1) is 0 Å². The number of amides is 2. The molecule has 2 N–H and O–H groups in total. The van der Waals surface area contributed by atoms with Gasteiger partial charge < -0.3 is 10.6 Å². The maximum absolute atomic E-state index is 11.7. The van der Waals surface area contributed by atoms with Crippen LogP contribution in [0.3, 0.4) is 0 Å². The summed E-state index contributed by atoms with van der Waals surface area (Å²) in [6.45, 7) is 10.2. The molecule has 1 heterocycles. The highest BCUT2D eigenvalue weighted by molar-refractivity contribution is 5.74. The van der Waals surface area contributed by atoms with Crippen LogP contribution in [-0.2, 0) is 6.54 Å². The van der Waals surface area contributed by atoms with E-state index < -0.39 is 0 Å². The van der Waals surface area contributed by atoms with E-state index in [1.165, 1.54) is 0 Å². The second-order valence-corrected chi connectivity index (χ2v) is 5.60. The lowest BCUT2D eigenvalue weighted by Gasteiger charge is -2.21. The zero-order chi connectivity index (χ0) is 14.6. The molecule has 6 heteroatoms. The highest BCUT2D eigenvalue weighted by Crippen LogP contribution is 1.98. The number of carbonyl (C=O) groups excluding carboxylic acids is 1. The summed E-state index contributed by atoms with van der Waals surface area (Å²) in [7, 11) is 0. The predicted molar refractivity (Wildman–Crippen MR) is 74.3 cm³/mol.